The van der Waals surface area contributed by atoms with E-state index in [0.29, 0.717) is 13.1 Å². The van der Waals surface area contributed by atoms with E-state index < -0.39 is 0 Å². The van der Waals surface area contributed by atoms with E-state index in [1.54, 1.807) is 6.92 Å². The van der Waals surface area contributed by atoms with Gasteiger partial charge in [0.2, 0.25) is 0 Å². The summed E-state index contributed by atoms with van der Waals surface area (Å²) in [6, 6.07) is 0. The molecule has 0 aromatic heterocycles. The maximum absolute atomic E-state index is 9.18. The largest absolute Gasteiger partial charge is 0.468 e. The lowest BCUT2D eigenvalue weighted by Crippen LogP contribution is -2.03. The molecule has 60 valence electrons. The predicted molar refractivity (Wildman–Crippen MR) is 39.8 cm³/mol. The topological polar surface area (TPSA) is 38.3 Å². The molecule has 0 aliphatic carbocycles. The maximum atomic E-state index is 9.18. The number of carbonyl (C=O) groups excluding carboxylic acids is 1. The third kappa shape index (κ3) is 7.43. The van der Waals surface area contributed by atoms with Crippen molar-refractivity contribution >= 4 is 6.47 Å². The van der Waals surface area contributed by atoms with E-state index in [9.17, 15) is 4.79 Å². The molecule has 0 aromatic rings. The zero-order chi connectivity index (χ0) is 7.66. The van der Waals surface area contributed by atoms with Crippen molar-refractivity contribution in [3.63, 3.8) is 0 Å². The van der Waals surface area contributed by atoms with Gasteiger partial charge in [-0.3, -0.25) is 4.79 Å². The molecule has 0 aromatic carbocycles. The molecule has 0 atom stereocenters. The van der Waals surface area contributed by atoms with Crippen molar-refractivity contribution in [3.8, 4) is 0 Å². The van der Waals surface area contributed by atoms with Gasteiger partial charge in [-0.25, -0.2) is 0 Å². The molecule has 0 saturated carbocycles. The molecular formula is C7H15NO2. The lowest BCUT2D eigenvalue weighted by molar-refractivity contribution is -0.128. The van der Waals surface area contributed by atoms with Gasteiger partial charge in [0.05, 0.1) is 6.61 Å². The van der Waals surface area contributed by atoms with Gasteiger partial charge in [0.25, 0.3) is 6.47 Å². The Bertz CT molecular complexity index is 64.4. The van der Waals surface area contributed by atoms with Crippen molar-refractivity contribution in [3.05, 3.63) is 0 Å². The van der Waals surface area contributed by atoms with Crippen LogP contribution in [-0.2, 0) is 9.53 Å². The Kier molecular flexibility index (Phi) is 7.95. The van der Waals surface area contributed by atoms with Crippen LogP contribution in [0.3, 0.4) is 0 Å². The summed E-state index contributed by atoms with van der Waals surface area (Å²) < 4.78 is 4.15. The van der Waals surface area contributed by atoms with Crippen LogP contribution in [0.5, 0.6) is 0 Å². The molecule has 3 heteroatoms. The van der Waals surface area contributed by atoms with Gasteiger partial charge in [-0.1, -0.05) is 0 Å². The summed E-state index contributed by atoms with van der Waals surface area (Å²) in [5, 5.41) is 3.22. The summed E-state index contributed by atoms with van der Waals surface area (Å²) in [5.74, 6) is 0. The van der Waals surface area contributed by atoms with E-state index in [1.165, 1.54) is 25.9 Å². The van der Waals surface area contributed by atoms with Crippen molar-refractivity contribution in [1.82, 2.24) is 5.32 Å². The van der Waals surface area contributed by atoms with Gasteiger partial charge >= 0.3 is 0 Å². The fourth-order valence-corrected chi connectivity index (χ4v) is 0.693. The monoisotopic (exact) mass is 145 g/mol. The molecule has 0 spiro atoms. The second-order valence-electron chi connectivity index (χ2n) is 2.01. The first-order valence-electron chi connectivity index (χ1n) is 3.67. The first-order chi connectivity index (χ1) is 4.91. The average molecular weight is 145 g/mol. The molecule has 1 rings (SSSR count). The Morgan fingerprint density at radius 3 is 2.20 bits per heavy atom. The number of hydrogen-bond acceptors (Lipinski definition) is 3. The molecule has 0 radical (unpaired) electrons. The Morgan fingerprint density at radius 1 is 1.50 bits per heavy atom. The first kappa shape index (κ1) is 9.43. The molecule has 1 N–H and O–H groups in total. The summed E-state index contributed by atoms with van der Waals surface area (Å²) in [6.45, 7) is 5.16. The zero-order valence-electron chi connectivity index (χ0n) is 6.43. The van der Waals surface area contributed by atoms with Crippen molar-refractivity contribution in [1.29, 1.82) is 0 Å². The average Bonchev–Trinajstić information content (AvgIpc) is 2.44. The third-order valence-corrected chi connectivity index (χ3v) is 1.19. The quantitative estimate of drug-likeness (QED) is 0.577. The van der Waals surface area contributed by atoms with Crippen LogP contribution >= 0.6 is 0 Å². The molecular weight excluding hydrogens is 130 g/mol. The van der Waals surface area contributed by atoms with Crippen molar-refractivity contribution in [2.45, 2.75) is 19.8 Å². The predicted octanol–water partition coefficient (Wildman–Crippen LogP) is 0.549. The first-order valence-corrected chi connectivity index (χ1v) is 3.67. The highest BCUT2D eigenvalue weighted by molar-refractivity contribution is 5.36. The second kappa shape index (κ2) is 8.43. The molecule has 0 amide bonds. The molecule has 10 heavy (non-hydrogen) atoms. The summed E-state index contributed by atoms with van der Waals surface area (Å²) >= 11 is 0. The van der Waals surface area contributed by atoms with Crippen LogP contribution in [0.4, 0.5) is 0 Å². The van der Waals surface area contributed by atoms with Crippen LogP contribution in [0.15, 0.2) is 0 Å². The number of hydrogen-bond donors (Lipinski definition) is 1. The smallest absolute Gasteiger partial charge is 0.293 e. The number of ether oxygens (including phenoxy) is 1. The van der Waals surface area contributed by atoms with Crippen LogP contribution in [0, 0.1) is 0 Å². The fraction of sp³-hybridized carbons (Fsp3) is 0.857. The Balaban J connectivity index is 0.000000162. The lowest BCUT2D eigenvalue weighted by atomic mass is 10.4. The van der Waals surface area contributed by atoms with E-state index in [2.05, 4.69) is 10.1 Å². The second-order valence-corrected chi connectivity index (χ2v) is 2.01. The van der Waals surface area contributed by atoms with Crippen molar-refractivity contribution < 1.29 is 9.53 Å². The summed E-state index contributed by atoms with van der Waals surface area (Å²) in [4.78, 5) is 9.18. The highest BCUT2D eigenvalue weighted by Gasteiger charge is 1.93. The van der Waals surface area contributed by atoms with E-state index in [0.717, 1.165) is 0 Å². The Labute approximate surface area is 61.8 Å². The standard InChI is InChI=1S/C4H9N.C3H6O2/c1-2-4-5-3-1;1-2-5-3-4/h5H,1-4H2;3H,2H2,1H3. The van der Waals surface area contributed by atoms with Gasteiger partial charge in [0, 0.05) is 0 Å². The summed E-state index contributed by atoms with van der Waals surface area (Å²) in [5.41, 5.74) is 0. The number of rotatable bonds is 2. The minimum atomic E-state index is 0.431. The molecule has 1 aliphatic heterocycles. The highest BCUT2D eigenvalue weighted by Crippen LogP contribution is 1.90. The molecule has 1 saturated heterocycles. The fourth-order valence-electron chi connectivity index (χ4n) is 0.693. The molecule has 3 nitrogen and oxygen atoms in total. The van der Waals surface area contributed by atoms with Gasteiger partial charge in [0.1, 0.15) is 0 Å². The van der Waals surface area contributed by atoms with Crippen LogP contribution < -0.4 is 5.32 Å². The number of nitrogens with one attached hydrogen (secondary N) is 1. The van der Waals surface area contributed by atoms with E-state index in [1.807, 2.05) is 0 Å². The minimum absolute atomic E-state index is 0.431. The lowest BCUT2D eigenvalue weighted by Gasteiger charge is -1.79. The van der Waals surface area contributed by atoms with E-state index in [-0.39, 0.29) is 0 Å². The van der Waals surface area contributed by atoms with Crippen LogP contribution in [0.25, 0.3) is 0 Å². The van der Waals surface area contributed by atoms with Gasteiger partial charge in [0.15, 0.2) is 0 Å². The highest BCUT2D eigenvalue weighted by atomic mass is 16.5. The molecule has 1 heterocycles. The maximum Gasteiger partial charge on any atom is 0.293 e. The van der Waals surface area contributed by atoms with Gasteiger partial charge in [-0.15, -0.1) is 0 Å². The van der Waals surface area contributed by atoms with E-state index >= 15 is 0 Å². The normalized spacial score (nSPS) is 15.3. The zero-order valence-corrected chi connectivity index (χ0v) is 6.43. The SMILES string of the molecule is C1CCNC1.CCOC=O. The van der Waals surface area contributed by atoms with Crippen LogP contribution in [-0.4, -0.2) is 26.2 Å². The number of carbonyl (C=O) groups is 1. The van der Waals surface area contributed by atoms with Gasteiger partial charge < -0.3 is 10.1 Å². The molecule has 0 bridgehead atoms. The molecule has 1 fully saturated rings. The van der Waals surface area contributed by atoms with E-state index in [4.69, 9.17) is 0 Å². The Morgan fingerprint density at radius 2 is 2.10 bits per heavy atom. The summed E-state index contributed by atoms with van der Waals surface area (Å²) in [7, 11) is 0. The molecule has 0 unspecified atom stereocenters. The van der Waals surface area contributed by atoms with Crippen LogP contribution in [0.2, 0.25) is 0 Å². The Hall–Kier alpha value is -0.570. The molecule has 1 aliphatic rings. The van der Waals surface area contributed by atoms with Crippen molar-refractivity contribution in [2.75, 3.05) is 19.7 Å². The summed E-state index contributed by atoms with van der Waals surface area (Å²) in [6.07, 6.45) is 2.78. The minimum Gasteiger partial charge on any atom is -0.468 e. The van der Waals surface area contributed by atoms with Crippen LogP contribution in [0.1, 0.15) is 19.8 Å². The van der Waals surface area contributed by atoms with Gasteiger partial charge in [-0.05, 0) is 32.9 Å². The third-order valence-electron chi connectivity index (χ3n) is 1.19. The van der Waals surface area contributed by atoms with Crippen molar-refractivity contribution in [2.24, 2.45) is 0 Å². The van der Waals surface area contributed by atoms with Gasteiger partial charge in [-0.2, -0.15) is 0 Å².